The van der Waals surface area contributed by atoms with Crippen LogP contribution in [0.3, 0.4) is 0 Å². The van der Waals surface area contributed by atoms with Gasteiger partial charge in [0.15, 0.2) is 5.82 Å². The van der Waals surface area contributed by atoms with Crippen molar-refractivity contribution in [1.29, 1.82) is 0 Å². The van der Waals surface area contributed by atoms with Crippen molar-refractivity contribution < 1.29 is 5.11 Å². The van der Waals surface area contributed by atoms with E-state index in [1.165, 1.54) is 0 Å². The summed E-state index contributed by atoms with van der Waals surface area (Å²) in [6, 6.07) is 13.7. The molecule has 0 aliphatic carbocycles. The first-order valence-electron chi connectivity index (χ1n) is 8.65. The van der Waals surface area contributed by atoms with E-state index in [1.54, 1.807) is 11.2 Å². The molecule has 0 radical (unpaired) electrons. The maximum Gasteiger partial charge on any atom is 0.168 e. The lowest BCUT2D eigenvalue weighted by Gasteiger charge is -2.23. The van der Waals surface area contributed by atoms with Gasteiger partial charge in [-0.15, -0.1) is 0 Å². The second kappa shape index (κ2) is 6.78. The number of hydrogen-bond acceptors (Lipinski definition) is 7. The zero-order chi connectivity index (χ0) is 18.1. The van der Waals surface area contributed by atoms with E-state index in [0.29, 0.717) is 24.6 Å². The van der Waals surface area contributed by atoms with Crippen molar-refractivity contribution in [2.24, 2.45) is 5.84 Å². The number of rotatable bonds is 4. The molecule has 7 nitrogen and oxygen atoms in total. The number of fused-ring (bicyclic) bond motifs is 1. The van der Waals surface area contributed by atoms with E-state index in [2.05, 4.69) is 16.0 Å². The monoisotopic (exact) mass is 350 g/mol. The summed E-state index contributed by atoms with van der Waals surface area (Å²) in [7, 11) is 0. The lowest BCUT2D eigenvalue weighted by Crippen LogP contribution is -2.32. The van der Waals surface area contributed by atoms with Gasteiger partial charge in [0.2, 0.25) is 0 Å². The van der Waals surface area contributed by atoms with Crippen LogP contribution in [0, 0.1) is 0 Å². The molecule has 1 atom stereocenters. The molecule has 5 N–H and O–H groups in total. The summed E-state index contributed by atoms with van der Waals surface area (Å²) < 4.78 is 0. The van der Waals surface area contributed by atoms with Crippen LogP contribution in [-0.2, 0) is 6.54 Å². The van der Waals surface area contributed by atoms with Crippen molar-refractivity contribution >= 4 is 28.2 Å². The molecule has 1 fully saturated rings. The van der Waals surface area contributed by atoms with Crippen molar-refractivity contribution in [3.8, 4) is 0 Å². The fourth-order valence-electron chi connectivity index (χ4n) is 3.30. The Balaban J connectivity index is 1.57. The molecule has 0 bridgehead atoms. The first-order chi connectivity index (χ1) is 12.6. The number of nitrogens with zero attached hydrogens (tertiary/aromatic N) is 4. The molecular weight excluding hydrogens is 328 g/mol. The van der Waals surface area contributed by atoms with Gasteiger partial charge in [-0.3, -0.25) is 9.99 Å². The number of pyridine rings is 2. The maximum atomic E-state index is 9.74. The van der Waals surface area contributed by atoms with Gasteiger partial charge in [0, 0.05) is 24.7 Å². The van der Waals surface area contributed by atoms with E-state index in [-0.39, 0.29) is 6.10 Å². The fourth-order valence-corrected chi connectivity index (χ4v) is 3.30. The van der Waals surface area contributed by atoms with E-state index in [0.717, 1.165) is 35.2 Å². The van der Waals surface area contributed by atoms with Gasteiger partial charge in [-0.1, -0.05) is 12.1 Å². The number of aliphatic hydroxyl groups is 1. The molecule has 4 rings (SSSR count). The summed E-state index contributed by atoms with van der Waals surface area (Å²) >= 11 is 0. The Bertz CT molecular complexity index is 931. The van der Waals surface area contributed by atoms with Crippen molar-refractivity contribution in [1.82, 2.24) is 9.97 Å². The SMILES string of the molecule is Nc1ccc(N2CCC(O)C2)nc1N(N)Cc1ccc2ncccc2c1. The molecule has 3 heterocycles. The molecule has 1 aromatic carbocycles. The number of hydrogen-bond donors (Lipinski definition) is 3. The highest BCUT2D eigenvalue weighted by atomic mass is 16.3. The third kappa shape index (κ3) is 3.26. The molecule has 1 unspecified atom stereocenters. The van der Waals surface area contributed by atoms with Gasteiger partial charge in [0.25, 0.3) is 0 Å². The highest BCUT2D eigenvalue weighted by Crippen LogP contribution is 2.26. The third-order valence-electron chi connectivity index (χ3n) is 4.67. The molecule has 2 aromatic heterocycles. The predicted molar refractivity (Wildman–Crippen MR) is 104 cm³/mol. The van der Waals surface area contributed by atoms with Crippen molar-refractivity contribution in [2.45, 2.75) is 19.1 Å². The van der Waals surface area contributed by atoms with Gasteiger partial charge in [-0.25, -0.2) is 10.8 Å². The zero-order valence-corrected chi connectivity index (χ0v) is 14.4. The summed E-state index contributed by atoms with van der Waals surface area (Å²) in [6.45, 7) is 1.84. The second-order valence-corrected chi connectivity index (χ2v) is 6.63. The first-order valence-corrected chi connectivity index (χ1v) is 8.65. The molecule has 3 aromatic rings. The lowest BCUT2D eigenvalue weighted by atomic mass is 10.1. The van der Waals surface area contributed by atoms with E-state index < -0.39 is 0 Å². The Labute approximate surface area is 151 Å². The van der Waals surface area contributed by atoms with Gasteiger partial charge in [-0.05, 0) is 42.3 Å². The van der Waals surface area contributed by atoms with Crippen LogP contribution in [0.1, 0.15) is 12.0 Å². The van der Waals surface area contributed by atoms with Crippen LogP contribution in [0.2, 0.25) is 0 Å². The van der Waals surface area contributed by atoms with Crippen LogP contribution in [0.5, 0.6) is 0 Å². The fraction of sp³-hybridized carbons (Fsp3) is 0.263. The third-order valence-corrected chi connectivity index (χ3v) is 4.67. The second-order valence-electron chi connectivity index (χ2n) is 6.63. The van der Waals surface area contributed by atoms with Crippen molar-refractivity contribution in [3.05, 3.63) is 54.2 Å². The standard InChI is InChI=1S/C19H22N6O/c20-16-4-6-18(24-9-7-15(26)12-24)23-19(16)25(21)11-13-3-5-17-14(10-13)2-1-8-22-17/h1-6,8,10,15,26H,7,9,11-12,20-21H2. The minimum absolute atomic E-state index is 0.307. The van der Waals surface area contributed by atoms with E-state index in [4.69, 9.17) is 11.6 Å². The van der Waals surface area contributed by atoms with Gasteiger partial charge in [0.05, 0.1) is 23.9 Å². The number of nitrogen functional groups attached to an aromatic ring is 1. The summed E-state index contributed by atoms with van der Waals surface area (Å²) in [5.41, 5.74) is 8.63. The Morgan fingerprint density at radius 3 is 2.92 bits per heavy atom. The largest absolute Gasteiger partial charge is 0.396 e. The first kappa shape index (κ1) is 16.6. The smallest absolute Gasteiger partial charge is 0.168 e. The van der Waals surface area contributed by atoms with Crippen molar-refractivity contribution in [3.63, 3.8) is 0 Å². The molecule has 134 valence electrons. The topological polar surface area (TPSA) is 105 Å². The molecule has 1 aliphatic rings. The number of nitrogens with two attached hydrogens (primary N) is 2. The number of benzene rings is 1. The number of anilines is 3. The molecule has 7 heteroatoms. The van der Waals surface area contributed by atoms with Gasteiger partial charge in [-0.2, -0.15) is 0 Å². The molecule has 0 spiro atoms. The number of aromatic nitrogens is 2. The van der Waals surface area contributed by atoms with Crippen LogP contribution in [0.15, 0.2) is 48.7 Å². The zero-order valence-electron chi connectivity index (χ0n) is 14.4. The quantitative estimate of drug-likeness (QED) is 0.485. The Hall–Kier alpha value is -2.90. The lowest BCUT2D eigenvalue weighted by molar-refractivity contribution is 0.198. The summed E-state index contributed by atoms with van der Waals surface area (Å²) in [6.07, 6.45) is 2.22. The Morgan fingerprint density at radius 2 is 2.12 bits per heavy atom. The molecule has 1 aliphatic heterocycles. The van der Waals surface area contributed by atoms with E-state index in [1.807, 2.05) is 41.3 Å². The number of hydrazine groups is 1. The summed E-state index contributed by atoms with van der Waals surface area (Å²) in [5, 5.41) is 12.4. The molecule has 1 saturated heterocycles. The maximum absolute atomic E-state index is 9.74. The van der Waals surface area contributed by atoms with E-state index in [9.17, 15) is 5.11 Å². The molecular formula is C19H22N6O. The van der Waals surface area contributed by atoms with Crippen LogP contribution in [0.4, 0.5) is 17.3 Å². The van der Waals surface area contributed by atoms with Gasteiger partial charge in [0.1, 0.15) is 5.82 Å². The normalized spacial score (nSPS) is 17.0. The molecule has 26 heavy (non-hydrogen) atoms. The summed E-state index contributed by atoms with van der Waals surface area (Å²) in [4.78, 5) is 11.0. The number of aliphatic hydroxyl groups excluding tert-OH is 1. The Kier molecular flexibility index (Phi) is 4.32. The highest BCUT2D eigenvalue weighted by molar-refractivity contribution is 5.79. The summed E-state index contributed by atoms with van der Waals surface area (Å²) in [5.74, 6) is 7.59. The molecule has 0 saturated carbocycles. The minimum atomic E-state index is -0.307. The number of β-amino-alcohol motifs (C(OH)–C–C–N with tert-alkyl or cyclic N) is 1. The van der Waals surface area contributed by atoms with Gasteiger partial charge >= 0.3 is 0 Å². The van der Waals surface area contributed by atoms with Crippen LogP contribution >= 0.6 is 0 Å². The van der Waals surface area contributed by atoms with Crippen LogP contribution < -0.4 is 21.5 Å². The molecule has 0 amide bonds. The minimum Gasteiger partial charge on any atom is -0.396 e. The van der Waals surface area contributed by atoms with Crippen LogP contribution in [-0.4, -0.2) is 34.3 Å². The van der Waals surface area contributed by atoms with E-state index >= 15 is 0 Å². The van der Waals surface area contributed by atoms with Crippen LogP contribution in [0.25, 0.3) is 10.9 Å². The Morgan fingerprint density at radius 1 is 1.23 bits per heavy atom. The average molecular weight is 350 g/mol. The average Bonchev–Trinajstić information content (AvgIpc) is 3.08. The predicted octanol–water partition coefficient (Wildman–Crippen LogP) is 1.66. The van der Waals surface area contributed by atoms with Crippen molar-refractivity contribution in [2.75, 3.05) is 28.7 Å². The van der Waals surface area contributed by atoms with Gasteiger partial charge < -0.3 is 15.7 Å². The highest BCUT2D eigenvalue weighted by Gasteiger charge is 2.22.